The molecule has 2 aromatic carbocycles. The first kappa shape index (κ1) is 17.7. The molecule has 5 heteroatoms. The molecule has 0 spiro atoms. The molecule has 134 valence electrons. The largest absolute Gasteiger partial charge is 0.494 e. The predicted octanol–water partition coefficient (Wildman–Crippen LogP) is 3.98. The summed E-state index contributed by atoms with van der Waals surface area (Å²) in [5.41, 5.74) is 2.12. The number of hydrogen-bond acceptors (Lipinski definition) is 5. The molecule has 0 N–H and O–H groups in total. The molecule has 0 radical (unpaired) electrons. The van der Waals surface area contributed by atoms with Crippen molar-refractivity contribution in [1.82, 2.24) is 0 Å². The van der Waals surface area contributed by atoms with Crippen molar-refractivity contribution < 1.29 is 23.8 Å². The van der Waals surface area contributed by atoms with E-state index in [-0.39, 0.29) is 23.9 Å². The van der Waals surface area contributed by atoms with Crippen LogP contribution in [-0.2, 0) is 4.79 Å². The van der Waals surface area contributed by atoms with Crippen molar-refractivity contribution in [3.63, 3.8) is 0 Å². The molecule has 0 atom stereocenters. The first-order valence-corrected chi connectivity index (χ1v) is 8.42. The molecule has 1 aliphatic rings. The van der Waals surface area contributed by atoms with Gasteiger partial charge in [0.2, 0.25) is 5.78 Å². The van der Waals surface area contributed by atoms with Gasteiger partial charge in [0.1, 0.15) is 23.9 Å². The number of carbonyl (C=O) groups is 2. The summed E-state index contributed by atoms with van der Waals surface area (Å²) in [4.78, 5) is 23.7. The number of fused-ring (bicyclic) bond motifs is 1. The highest BCUT2D eigenvalue weighted by molar-refractivity contribution is 6.15. The van der Waals surface area contributed by atoms with Gasteiger partial charge >= 0.3 is 0 Å². The fourth-order valence-electron chi connectivity index (χ4n) is 2.72. The Bertz CT molecular complexity index is 878. The number of ether oxygens (including phenoxy) is 3. The molecule has 3 rings (SSSR count). The summed E-state index contributed by atoms with van der Waals surface area (Å²) in [6.45, 7) is 5.79. The second-order valence-electron chi connectivity index (χ2n) is 6.05. The maximum atomic E-state index is 12.7. The molecule has 1 heterocycles. The summed E-state index contributed by atoms with van der Waals surface area (Å²) in [7, 11) is 0. The number of aryl methyl sites for hydroxylation is 1. The number of hydrogen-bond donors (Lipinski definition) is 0. The molecule has 0 saturated carbocycles. The van der Waals surface area contributed by atoms with Gasteiger partial charge in [-0.25, -0.2) is 0 Å². The molecule has 2 aromatic rings. The normalized spacial score (nSPS) is 14.1. The molecule has 5 nitrogen and oxygen atoms in total. The Hall–Kier alpha value is -3.08. The summed E-state index contributed by atoms with van der Waals surface area (Å²) in [6.07, 6.45) is 1.70. The van der Waals surface area contributed by atoms with Crippen LogP contribution in [0.15, 0.2) is 42.2 Å². The van der Waals surface area contributed by atoms with Crippen LogP contribution in [0.1, 0.15) is 35.3 Å². The summed E-state index contributed by atoms with van der Waals surface area (Å²) in [6, 6.07) is 10.8. The molecule has 1 aliphatic heterocycles. The quantitative estimate of drug-likeness (QED) is 0.736. The number of allylic oxidation sites excluding steroid dienone is 1. The third-order valence-corrected chi connectivity index (χ3v) is 3.87. The third-order valence-electron chi connectivity index (χ3n) is 3.87. The SMILES string of the molecule is CCOc1ccc(/C=C2\Oc3cc(OCC(C)=O)cc(C)c3C2=O)cc1. The highest BCUT2D eigenvalue weighted by atomic mass is 16.5. The number of Topliss-reactive ketones (excluding diaryl/α,β-unsaturated/α-hetero) is 2. The Kier molecular flexibility index (Phi) is 5.07. The van der Waals surface area contributed by atoms with E-state index in [1.165, 1.54) is 6.92 Å². The van der Waals surface area contributed by atoms with E-state index in [0.717, 1.165) is 16.9 Å². The molecule has 0 fully saturated rings. The standard InChI is InChI=1S/C21H20O5/c1-4-24-16-7-5-15(6-8-16)10-19-21(23)20-13(2)9-17(11-18(20)26-19)25-12-14(3)22/h5-11H,4,12H2,1-3H3/b19-10-. The predicted molar refractivity (Wildman–Crippen MR) is 97.9 cm³/mol. The van der Waals surface area contributed by atoms with Crippen LogP contribution in [0, 0.1) is 6.92 Å². The smallest absolute Gasteiger partial charge is 0.232 e. The Morgan fingerprint density at radius 2 is 1.85 bits per heavy atom. The van der Waals surface area contributed by atoms with E-state index in [1.807, 2.05) is 38.1 Å². The fraction of sp³-hybridized carbons (Fsp3) is 0.238. The molecule has 0 unspecified atom stereocenters. The Morgan fingerprint density at radius 3 is 2.50 bits per heavy atom. The summed E-state index contributed by atoms with van der Waals surface area (Å²) in [5, 5.41) is 0. The van der Waals surface area contributed by atoms with E-state index in [0.29, 0.717) is 23.7 Å². The van der Waals surface area contributed by atoms with E-state index in [1.54, 1.807) is 18.2 Å². The minimum absolute atomic E-state index is 0.0128. The van der Waals surface area contributed by atoms with Gasteiger partial charge in [0.15, 0.2) is 11.5 Å². The van der Waals surface area contributed by atoms with Gasteiger partial charge in [0.25, 0.3) is 0 Å². The minimum Gasteiger partial charge on any atom is -0.494 e. The van der Waals surface area contributed by atoms with Crippen LogP contribution < -0.4 is 14.2 Å². The monoisotopic (exact) mass is 352 g/mol. The van der Waals surface area contributed by atoms with Gasteiger partial charge in [-0.1, -0.05) is 12.1 Å². The maximum Gasteiger partial charge on any atom is 0.232 e. The molecular weight excluding hydrogens is 332 g/mol. The fourth-order valence-corrected chi connectivity index (χ4v) is 2.72. The van der Waals surface area contributed by atoms with Gasteiger partial charge in [0, 0.05) is 6.07 Å². The van der Waals surface area contributed by atoms with Gasteiger partial charge in [-0.15, -0.1) is 0 Å². The second kappa shape index (κ2) is 7.44. The zero-order valence-electron chi connectivity index (χ0n) is 15.0. The third kappa shape index (κ3) is 3.77. The van der Waals surface area contributed by atoms with Crippen LogP contribution in [-0.4, -0.2) is 24.8 Å². The molecule has 0 aromatic heterocycles. The van der Waals surface area contributed by atoms with Crippen LogP contribution in [0.4, 0.5) is 0 Å². The molecule has 0 aliphatic carbocycles. The van der Waals surface area contributed by atoms with Crippen molar-refractivity contribution in [1.29, 1.82) is 0 Å². The van der Waals surface area contributed by atoms with E-state index in [2.05, 4.69) is 0 Å². The zero-order valence-corrected chi connectivity index (χ0v) is 15.0. The molecule has 26 heavy (non-hydrogen) atoms. The molecular formula is C21H20O5. The van der Waals surface area contributed by atoms with Crippen molar-refractivity contribution in [2.45, 2.75) is 20.8 Å². The van der Waals surface area contributed by atoms with Crippen LogP contribution >= 0.6 is 0 Å². The zero-order chi connectivity index (χ0) is 18.7. The summed E-state index contributed by atoms with van der Waals surface area (Å²) in [5.74, 6) is 1.76. The van der Waals surface area contributed by atoms with E-state index >= 15 is 0 Å². The summed E-state index contributed by atoms with van der Waals surface area (Å²) < 4.78 is 16.6. The number of carbonyl (C=O) groups excluding carboxylic acids is 2. The van der Waals surface area contributed by atoms with Crippen LogP contribution in [0.25, 0.3) is 6.08 Å². The highest BCUT2D eigenvalue weighted by Gasteiger charge is 2.30. The van der Waals surface area contributed by atoms with Gasteiger partial charge in [-0.2, -0.15) is 0 Å². The second-order valence-corrected chi connectivity index (χ2v) is 6.05. The maximum absolute atomic E-state index is 12.7. The first-order chi connectivity index (χ1) is 12.5. The Labute approximate surface area is 152 Å². The van der Waals surface area contributed by atoms with Crippen LogP contribution in [0.5, 0.6) is 17.2 Å². The molecule has 0 amide bonds. The average molecular weight is 352 g/mol. The van der Waals surface area contributed by atoms with Crippen LogP contribution in [0.2, 0.25) is 0 Å². The highest BCUT2D eigenvalue weighted by Crippen LogP contribution is 2.37. The lowest BCUT2D eigenvalue weighted by Crippen LogP contribution is -2.06. The van der Waals surface area contributed by atoms with E-state index in [4.69, 9.17) is 14.2 Å². The van der Waals surface area contributed by atoms with Crippen molar-refractivity contribution in [3.05, 3.63) is 58.8 Å². The van der Waals surface area contributed by atoms with Gasteiger partial charge in [-0.3, -0.25) is 9.59 Å². The van der Waals surface area contributed by atoms with Crippen molar-refractivity contribution in [3.8, 4) is 17.2 Å². The van der Waals surface area contributed by atoms with Gasteiger partial charge < -0.3 is 14.2 Å². The lowest BCUT2D eigenvalue weighted by atomic mass is 10.0. The van der Waals surface area contributed by atoms with Crippen molar-refractivity contribution in [2.75, 3.05) is 13.2 Å². The number of benzene rings is 2. The van der Waals surface area contributed by atoms with E-state index in [9.17, 15) is 9.59 Å². The van der Waals surface area contributed by atoms with Gasteiger partial charge in [-0.05, 0) is 56.2 Å². The Morgan fingerprint density at radius 1 is 1.12 bits per heavy atom. The van der Waals surface area contributed by atoms with E-state index < -0.39 is 0 Å². The lowest BCUT2D eigenvalue weighted by molar-refractivity contribution is -0.118. The minimum atomic E-state index is -0.162. The van der Waals surface area contributed by atoms with Crippen LogP contribution in [0.3, 0.4) is 0 Å². The average Bonchev–Trinajstić information content (AvgIpc) is 2.91. The van der Waals surface area contributed by atoms with Crippen molar-refractivity contribution >= 4 is 17.6 Å². The van der Waals surface area contributed by atoms with Gasteiger partial charge in [0.05, 0.1) is 12.2 Å². The Balaban J connectivity index is 1.84. The first-order valence-electron chi connectivity index (χ1n) is 8.42. The lowest BCUT2D eigenvalue weighted by Gasteiger charge is -2.07. The molecule has 0 saturated heterocycles. The summed E-state index contributed by atoms with van der Waals surface area (Å²) >= 11 is 0. The topological polar surface area (TPSA) is 61.8 Å². The molecule has 0 bridgehead atoms. The number of ketones is 2. The van der Waals surface area contributed by atoms with Crippen molar-refractivity contribution in [2.24, 2.45) is 0 Å². The number of rotatable bonds is 6.